The largest absolute Gasteiger partial charge is 0.347 e. The Balaban J connectivity index is 2.10. The van der Waals surface area contributed by atoms with Crippen LogP contribution in [0.2, 0.25) is 0 Å². The van der Waals surface area contributed by atoms with Gasteiger partial charge in [-0.15, -0.1) is 0 Å². The minimum atomic E-state index is 0.301. The summed E-state index contributed by atoms with van der Waals surface area (Å²) in [7, 11) is 0. The van der Waals surface area contributed by atoms with Crippen molar-refractivity contribution in [3.63, 3.8) is 0 Å². The molecule has 1 unspecified atom stereocenters. The van der Waals surface area contributed by atoms with Crippen LogP contribution in [-0.2, 0) is 0 Å². The van der Waals surface area contributed by atoms with Crippen molar-refractivity contribution in [2.24, 2.45) is 0 Å². The summed E-state index contributed by atoms with van der Waals surface area (Å²) in [6.07, 6.45) is 12.4. The Kier molecular flexibility index (Phi) is 4.17. The number of imidazole rings is 1. The fourth-order valence-corrected chi connectivity index (χ4v) is 2.25. The number of hydrogen-bond donors (Lipinski definition) is 2. The number of H-pyrrole nitrogens is 1. The second-order valence-electron chi connectivity index (χ2n) is 4.39. The van der Waals surface area contributed by atoms with Gasteiger partial charge in [-0.1, -0.05) is 13.0 Å². The third-order valence-corrected chi connectivity index (χ3v) is 3.09. The summed E-state index contributed by atoms with van der Waals surface area (Å²) in [5, 5.41) is 3.58. The summed E-state index contributed by atoms with van der Waals surface area (Å²) in [5.74, 6) is 1.06. The smallest absolute Gasteiger partial charge is 0.127 e. The van der Waals surface area contributed by atoms with Crippen LogP contribution in [0.4, 0.5) is 0 Å². The molecule has 0 bridgehead atoms. The molecule has 1 heterocycles. The fraction of sp³-hybridized carbons (Fsp3) is 0.615. The zero-order valence-electron chi connectivity index (χ0n) is 10.00. The zero-order chi connectivity index (χ0) is 11.2. The van der Waals surface area contributed by atoms with Gasteiger partial charge in [-0.05, 0) is 44.2 Å². The van der Waals surface area contributed by atoms with Gasteiger partial charge in [0.2, 0.25) is 0 Å². The molecule has 0 spiro atoms. The zero-order valence-corrected chi connectivity index (χ0v) is 10.00. The number of rotatable bonds is 5. The molecule has 0 fully saturated rings. The molecular formula is C13H21N3. The van der Waals surface area contributed by atoms with Crippen molar-refractivity contribution in [1.82, 2.24) is 15.3 Å². The van der Waals surface area contributed by atoms with Gasteiger partial charge >= 0.3 is 0 Å². The molecule has 2 rings (SSSR count). The van der Waals surface area contributed by atoms with Gasteiger partial charge < -0.3 is 10.3 Å². The number of aromatic nitrogens is 2. The van der Waals surface area contributed by atoms with E-state index in [1.807, 2.05) is 12.4 Å². The lowest BCUT2D eigenvalue weighted by atomic mass is 9.93. The fourth-order valence-electron chi connectivity index (χ4n) is 2.25. The Morgan fingerprint density at radius 2 is 2.44 bits per heavy atom. The van der Waals surface area contributed by atoms with E-state index in [1.54, 1.807) is 0 Å². The van der Waals surface area contributed by atoms with Crippen molar-refractivity contribution < 1.29 is 0 Å². The van der Waals surface area contributed by atoms with Crippen molar-refractivity contribution in [2.75, 3.05) is 6.54 Å². The van der Waals surface area contributed by atoms with Crippen LogP contribution in [0, 0.1) is 0 Å². The summed E-state index contributed by atoms with van der Waals surface area (Å²) in [6.45, 7) is 3.24. The lowest BCUT2D eigenvalue weighted by Gasteiger charge is -2.22. The van der Waals surface area contributed by atoms with E-state index in [0.717, 1.165) is 18.8 Å². The Bertz CT molecular complexity index is 327. The van der Waals surface area contributed by atoms with Crippen molar-refractivity contribution in [1.29, 1.82) is 0 Å². The molecule has 2 N–H and O–H groups in total. The molecule has 0 aliphatic heterocycles. The number of nitrogens with one attached hydrogen (secondary N) is 2. The first-order valence-electron chi connectivity index (χ1n) is 6.33. The Morgan fingerprint density at radius 1 is 1.50 bits per heavy atom. The van der Waals surface area contributed by atoms with Gasteiger partial charge in [-0.3, -0.25) is 0 Å². The van der Waals surface area contributed by atoms with Crippen LogP contribution in [-0.4, -0.2) is 16.5 Å². The first-order chi connectivity index (χ1) is 7.92. The quantitative estimate of drug-likeness (QED) is 0.747. The molecule has 3 nitrogen and oxygen atoms in total. The normalized spacial score (nSPS) is 18.2. The lowest BCUT2D eigenvalue weighted by molar-refractivity contribution is 0.530. The van der Waals surface area contributed by atoms with Gasteiger partial charge in [0.05, 0.1) is 6.04 Å². The Labute approximate surface area is 97.4 Å². The minimum absolute atomic E-state index is 0.301. The average molecular weight is 219 g/mol. The first kappa shape index (κ1) is 11.4. The molecule has 16 heavy (non-hydrogen) atoms. The SMILES string of the molecule is CCCNC(C1=CCCCC1)c1ncc[nH]1. The summed E-state index contributed by atoms with van der Waals surface area (Å²) < 4.78 is 0. The van der Waals surface area contributed by atoms with E-state index in [2.05, 4.69) is 28.3 Å². The first-order valence-corrected chi connectivity index (χ1v) is 6.33. The van der Waals surface area contributed by atoms with Gasteiger partial charge in [-0.25, -0.2) is 4.98 Å². The second-order valence-corrected chi connectivity index (χ2v) is 4.39. The molecule has 1 aliphatic carbocycles. The average Bonchev–Trinajstić information content (AvgIpc) is 2.85. The predicted molar refractivity (Wildman–Crippen MR) is 66.2 cm³/mol. The second kappa shape index (κ2) is 5.85. The van der Waals surface area contributed by atoms with E-state index in [4.69, 9.17) is 0 Å². The van der Waals surface area contributed by atoms with Gasteiger partial charge in [0.25, 0.3) is 0 Å². The number of nitrogens with zero attached hydrogens (tertiary/aromatic N) is 1. The number of allylic oxidation sites excluding steroid dienone is 1. The van der Waals surface area contributed by atoms with E-state index < -0.39 is 0 Å². The maximum absolute atomic E-state index is 4.39. The van der Waals surface area contributed by atoms with Crippen molar-refractivity contribution in [2.45, 2.75) is 45.1 Å². The topological polar surface area (TPSA) is 40.7 Å². The summed E-state index contributed by atoms with van der Waals surface area (Å²) in [4.78, 5) is 7.61. The number of aromatic amines is 1. The maximum atomic E-state index is 4.39. The molecule has 0 saturated heterocycles. The van der Waals surface area contributed by atoms with E-state index >= 15 is 0 Å². The monoisotopic (exact) mass is 219 g/mol. The highest BCUT2D eigenvalue weighted by atomic mass is 15.0. The molecule has 1 atom stereocenters. The predicted octanol–water partition coefficient (Wildman–Crippen LogP) is 2.95. The molecule has 0 amide bonds. The lowest BCUT2D eigenvalue weighted by Crippen LogP contribution is -2.25. The van der Waals surface area contributed by atoms with Gasteiger partial charge in [-0.2, -0.15) is 0 Å². The molecule has 3 heteroatoms. The van der Waals surface area contributed by atoms with E-state index in [0.29, 0.717) is 6.04 Å². The Morgan fingerprint density at radius 3 is 3.06 bits per heavy atom. The molecular weight excluding hydrogens is 198 g/mol. The van der Waals surface area contributed by atoms with Crippen molar-refractivity contribution in [3.8, 4) is 0 Å². The standard InChI is InChI=1S/C13H21N3/c1-2-8-14-12(13-15-9-10-16-13)11-6-4-3-5-7-11/h6,9-10,12,14H,2-5,7-8H2,1H3,(H,15,16). The minimum Gasteiger partial charge on any atom is -0.347 e. The molecule has 1 aromatic heterocycles. The summed E-state index contributed by atoms with van der Waals surface area (Å²) in [6, 6.07) is 0.301. The molecule has 88 valence electrons. The van der Waals surface area contributed by atoms with E-state index in [1.165, 1.54) is 31.3 Å². The van der Waals surface area contributed by atoms with Crippen LogP contribution < -0.4 is 5.32 Å². The van der Waals surface area contributed by atoms with Crippen molar-refractivity contribution >= 4 is 0 Å². The maximum Gasteiger partial charge on any atom is 0.127 e. The molecule has 0 aromatic carbocycles. The van der Waals surface area contributed by atoms with Gasteiger partial charge in [0.1, 0.15) is 5.82 Å². The molecule has 0 radical (unpaired) electrons. The summed E-state index contributed by atoms with van der Waals surface area (Å²) in [5.41, 5.74) is 1.51. The van der Waals surface area contributed by atoms with E-state index in [-0.39, 0.29) is 0 Å². The van der Waals surface area contributed by atoms with Crippen LogP contribution in [0.3, 0.4) is 0 Å². The van der Waals surface area contributed by atoms with Gasteiger partial charge in [0.15, 0.2) is 0 Å². The molecule has 1 aromatic rings. The van der Waals surface area contributed by atoms with Crippen molar-refractivity contribution in [3.05, 3.63) is 29.9 Å². The van der Waals surface area contributed by atoms with Crippen LogP contribution in [0.15, 0.2) is 24.0 Å². The van der Waals surface area contributed by atoms with Crippen LogP contribution in [0.1, 0.15) is 50.9 Å². The highest BCUT2D eigenvalue weighted by Gasteiger charge is 2.19. The third-order valence-electron chi connectivity index (χ3n) is 3.09. The number of hydrogen-bond acceptors (Lipinski definition) is 2. The Hall–Kier alpha value is -1.09. The molecule has 1 aliphatic rings. The van der Waals surface area contributed by atoms with Gasteiger partial charge in [0, 0.05) is 12.4 Å². The van der Waals surface area contributed by atoms with Crippen LogP contribution >= 0.6 is 0 Å². The highest BCUT2D eigenvalue weighted by molar-refractivity contribution is 5.19. The van der Waals surface area contributed by atoms with Crippen LogP contribution in [0.25, 0.3) is 0 Å². The van der Waals surface area contributed by atoms with E-state index in [9.17, 15) is 0 Å². The third kappa shape index (κ3) is 2.73. The highest BCUT2D eigenvalue weighted by Crippen LogP contribution is 2.27. The molecule has 0 saturated carbocycles. The summed E-state index contributed by atoms with van der Waals surface area (Å²) >= 11 is 0. The van der Waals surface area contributed by atoms with Crippen LogP contribution in [0.5, 0.6) is 0 Å².